The fourth-order valence-corrected chi connectivity index (χ4v) is 2.44. The second-order valence-corrected chi connectivity index (χ2v) is 5.48. The van der Waals surface area contributed by atoms with E-state index in [2.05, 4.69) is 39.2 Å². The Labute approximate surface area is 106 Å². The van der Waals surface area contributed by atoms with Crippen LogP contribution in [-0.4, -0.2) is 11.5 Å². The van der Waals surface area contributed by atoms with E-state index in [4.69, 9.17) is 0 Å². The summed E-state index contributed by atoms with van der Waals surface area (Å²) in [6.45, 7) is 3.18. The van der Waals surface area contributed by atoms with Gasteiger partial charge in [0.15, 0.2) is 0 Å². The molecule has 2 rings (SSSR count). The van der Waals surface area contributed by atoms with E-state index in [-0.39, 0.29) is 0 Å². The van der Waals surface area contributed by atoms with Gasteiger partial charge < -0.3 is 5.32 Å². The molecule has 0 saturated heterocycles. The van der Waals surface area contributed by atoms with Crippen molar-refractivity contribution in [1.29, 1.82) is 0 Å². The second kappa shape index (κ2) is 5.78. The molecule has 1 unspecified atom stereocenters. The molecule has 3 heteroatoms. The van der Waals surface area contributed by atoms with E-state index in [1.165, 1.54) is 31.2 Å². The summed E-state index contributed by atoms with van der Waals surface area (Å²) in [6, 6.07) is 2.64. The minimum Gasteiger partial charge on any atom is -0.310 e. The monoisotopic (exact) mass is 282 g/mol. The Hall–Kier alpha value is -0.410. The molecule has 0 radical (unpaired) electrons. The van der Waals surface area contributed by atoms with Crippen LogP contribution in [0, 0.1) is 5.92 Å². The maximum Gasteiger partial charge on any atom is 0.0410 e. The Bertz CT molecular complexity index is 336. The van der Waals surface area contributed by atoms with Gasteiger partial charge in [-0.3, -0.25) is 4.98 Å². The molecule has 1 aromatic heterocycles. The van der Waals surface area contributed by atoms with Crippen molar-refractivity contribution in [3.8, 4) is 0 Å². The van der Waals surface area contributed by atoms with Crippen molar-refractivity contribution >= 4 is 15.9 Å². The first kappa shape index (κ1) is 12.1. The van der Waals surface area contributed by atoms with Gasteiger partial charge in [-0.15, -0.1) is 0 Å². The maximum absolute atomic E-state index is 4.24. The van der Waals surface area contributed by atoms with Crippen LogP contribution < -0.4 is 5.32 Å². The molecule has 0 bridgehead atoms. The molecule has 0 aliphatic heterocycles. The molecule has 1 fully saturated rings. The SMILES string of the molecule is CCNC(CCC1CC1)c1cncc(Br)c1. The van der Waals surface area contributed by atoms with E-state index in [9.17, 15) is 0 Å². The average molecular weight is 283 g/mol. The summed E-state index contributed by atoms with van der Waals surface area (Å²) in [4.78, 5) is 4.24. The lowest BCUT2D eigenvalue weighted by Crippen LogP contribution is -2.21. The van der Waals surface area contributed by atoms with Crippen molar-refractivity contribution in [1.82, 2.24) is 10.3 Å². The highest BCUT2D eigenvalue weighted by molar-refractivity contribution is 9.10. The molecule has 1 aliphatic rings. The van der Waals surface area contributed by atoms with Crippen LogP contribution in [0.15, 0.2) is 22.9 Å². The third kappa shape index (κ3) is 3.56. The van der Waals surface area contributed by atoms with Gasteiger partial charge in [0, 0.05) is 22.9 Å². The third-order valence-electron chi connectivity index (χ3n) is 3.14. The van der Waals surface area contributed by atoms with Gasteiger partial charge in [-0.05, 0) is 52.9 Å². The fraction of sp³-hybridized carbons (Fsp3) is 0.615. The highest BCUT2D eigenvalue weighted by Gasteiger charge is 2.22. The zero-order valence-corrected chi connectivity index (χ0v) is 11.3. The quantitative estimate of drug-likeness (QED) is 0.861. The molecule has 1 aliphatic carbocycles. The van der Waals surface area contributed by atoms with E-state index < -0.39 is 0 Å². The molecule has 2 nitrogen and oxygen atoms in total. The highest BCUT2D eigenvalue weighted by Crippen LogP contribution is 2.36. The molecule has 16 heavy (non-hydrogen) atoms. The summed E-state index contributed by atoms with van der Waals surface area (Å²) in [5.74, 6) is 1.00. The standard InChI is InChI=1S/C13H19BrN2/c1-2-16-13(6-5-10-3-4-10)11-7-12(14)9-15-8-11/h7-10,13,16H,2-6H2,1H3. The van der Waals surface area contributed by atoms with Gasteiger partial charge in [-0.2, -0.15) is 0 Å². The molecule has 88 valence electrons. The molecule has 1 aromatic rings. The number of aromatic nitrogens is 1. The first-order valence-electron chi connectivity index (χ1n) is 6.13. The number of nitrogens with zero attached hydrogens (tertiary/aromatic N) is 1. The summed E-state index contributed by atoms with van der Waals surface area (Å²) < 4.78 is 1.07. The molecule has 0 aromatic carbocycles. The lowest BCUT2D eigenvalue weighted by molar-refractivity contribution is 0.480. The van der Waals surface area contributed by atoms with E-state index in [1.54, 1.807) is 0 Å². The van der Waals surface area contributed by atoms with Crippen molar-refractivity contribution in [2.24, 2.45) is 5.92 Å². The Morgan fingerprint density at radius 1 is 1.50 bits per heavy atom. The first-order valence-corrected chi connectivity index (χ1v) is 6.92. The average Bonchev–Trinajstić information content (AvgIpc) is 3.08. The summed E-state index contributed by atoms with van der Waals surface area (Å²) in [6.07, 6.45) is 9.28. The van der Waals surface area contributed by atoms with Crippen LogP contribution in [0.4, 0.5) is 0 Å². The van der Waals surface area contributed by atoms with Crippen molar-refractivity contribution < 1.29 is 0 Å². The number of halogens is 1. The normalized spacial score (nSPS) is 17.4. The van der Waals surface area contributed by atoms with Crippen molar-refractivity contribution in [3.63, 3.8) is 0 Å². The minimum atomic E-state index is 0.468. The van der Waals surface area contributed by atoms with Gasteiger partial charge in [0.05, 0.1) is 0 Å². The van der Waals surface area contributed by atoms with Crippen LogP contribution in [0.5, 0.6) is 0 Å². The van der Waals surface area contributed by atoms with E-state index in [1.807, 2.05) is 12.4 Å². The smallest absolute Gasteiger partial charge is 0.0410 e. The predicted molar refractivity (Wildman–Crippen MR) is 70.3 cm³/mol. The number of hydrogen-bond donors (Lipinski definition) is 1. The van der Waals surface area contributed by atoms with Crippen LogP contribution in [0.3, 0.4) is 0 Å². The van der Waals surface area contributed by atoms with Crippen molar-refractivity contribution in [2.45, 2.75) is 38.6 Å². The molecule has 0 amide bonds. The fourth-order valence-electron chi connectivity index (χ4n) is 2.06. The van der Waals surface area contributed by atoms with Crippen LogP contribution in [0.1, 0.15) is 44.2 Å². The topological polar surface area (TPSA) is 24.9 Å². The van der Waals surface area contributed by atoms with Gasteiger partial charge in [0.25, 0.3) is 0 Å². The summed E-state index contributed by atoms with van der Waals surface area (Å²) >= 11 is 3.48. The molecular formula is C13H19BrN2. The Balaban J connectivity index is 1.98. The van der Waals surface area contributed by atoms with E-state index >= 15 is 0 Å². The molecule has 1 N–H and O–H groups in total. The first-order chi connectivity index (χ1) is 7.79. The van der Waals surface area contributed by atoms with Gasteiger partial charge in [-0.1, -0.05) is 19.8 Å². The van der Waals surface area contributed by atoms with Crippen molar-refractivity contribution in [3.05, 3.63) is 28.5 Å². The zero-order chi connectivity index (χ0) is 11.4. The minimum absolute atomic E-state index is 0.468. The molecular weight excluding hydrogens is 264 g/mol. The number of hydrogen-bond acceptors (Lipinski definition) is 2. The second-order valence-electron chi connectivity index (χ2n) is 4.57. The number of rotatable bonds is 6. The highest BCUT2D eigenvalue weighted by atomic mass is 79.9. The number of pyridine rings is 1. The lowest BCUT2D eigenvalue weighted by Gasteiger charge is -2.18. The summed E-state index contributed by atoms with van der Waals surface area (Å²) in [5, 5.41) is 3.55. The molecule has 0 spiro atoms. The van der Waals surface area contributed by atoms with Crippen molar-refractivity contribution in [2.75, 3.05) is 6.54 Å². The largest absolute Gasteiger partial charge is 0.310 e. The van der Waals surface area contributed by atoms with Gasteiger partial charge in [0.2, 0.25) is 0 Å². The van der Waals surface area contributed by atoms with Gasteiger partial charge >= 0.3 is 0 Å². The van der Waals surface area contributed by atoms with Crippen LogP contribution in [-0.2, 0) is 0 Å². The zero-order valence-electron chi connectivity index (χ0n) is 9.75. The number of nitrogens with one attached hydrogen (secondary N) is 1. The Morgan fingerprint density at radius 2 is 2.31 bits per heavy atom. The van der Waals surface area contributed by atoms with Gasteiger partial charge in [-0.25, -0.2) is 0 Å². The van der Waals surface area contributed by atoms with Crippen LogP contribution >= 0.6 is 15.9 Å². The molecule has 1 heterocycles. The molecule has 1 saturated carbocycles. The third-order valence-corrected chi connectivity index (χ3v) is 3.57. The molecule has 1 atom stereocenters. The Morgan fingerprint density at radius 3 is 2.94 bits per heavy atom. The van der Waals surface area contributed by atoms with E-state index in [0.29, 0.717) is 6.04 Å². The van der Waals surface area contributed by atoms with Crippen LogP contribution in [0.25, 0.3) is 0 Å². The Kier molecular flexibility index (Phi) is 4.36. The van der Waals surface area contributed by atoms with Crippen LogP contribution in [0.2, 0.25) is 0 Å². The van der Waals surface area contributed by atoms with Gasteiger partial charge in [0.1, 0.15) is 0 Å². The lowest BCUT2D eigenvalue weighted by atomic mass is 10.0. The predicted octanol–water partition coefficient (Wildman–Crippen LogP) is 3.68. The summed E-state index contributed by atoms with van der Waals surface area (Å²) in [7, 11) is 0. The summed E-state index contributed by atoms with van der Waals surface area (Å²) in [5.41, 5.74) is 1.30. The maximum atomic E-state index is 4.24. The van der Waals surface area contributed by atoms with E-state index in [0.717, 1.165) is 16.9 Å².